The normalized spacial score (nSPS) is 25.6. The van der Waals surface area contributed by atoms with E-state index in [0.29, 0.717) is 13.2 Å². The van der Waals surface area contributed by atoms with Gasteiger partial charge in [0.1, 0.15) is 0 Å². The van der Waals surface area contributed by atoms with E-state index in [1.165, 1.54) is 0 Å². The van der Waals surface area contributed by atoms with Crippen molar-refractivity contribution in [2.45, 2.75) is 29.9 Å². The van der Waals surface area contributed by atoms with E-state index in [9.17, 15) is 4.79 Å². The van der Waals surface area contributed by atoms with Gasteiger partial charge in [0.05, 0.1) is 21.9 Å². The minimum Gasteiger partial charge on any atom is -0.450 e. The Hall–Kier alpha value is -0.200. The molecule has 0 aliphatic carbocycles. The molecule has 0 aromatic carbocycles. The van der Waals surface area contributed by atoms with Gasteiger partial charge >= 0.3 is 6.09 Å². The minimum absolute atomic E-state index is 0.132. The maximum absolute atomic E-state index is 11.5. The molecular formula is C9H13IN2O2S. The van der Waals surface area contributed by atoms with E-state index < -0.39 is 0 Å². The molecule has 2 unspecified atom stereocenters. The number of carbonyl (C=O) groups is 1. The summed E-state index contributed by atoms with van der Waals surface area (Å²) < 4.78 is 5.09. The Balaban J connectivity index is 2.52. The number of halogens is 1. The van der Waals surface area contributed by atoms with Crippen LogP contribution in [-0.4, -0.2) is 39.4 Å². The Labute approximate surface area is 108 Å². The minimum atomic E-state index is -0.235. The van der Waals surface area contributed by atoms with E-state index in [4.69, 9.17) is 4.74 Å². The monoisotopic (exact) mass is 340 g/mol. The van der Waals surface area contributed by atoms with E-state index in [-0.39, 0.29) is 16.2 Å². The van der Waals surface area contributed by atoms with Crippen LogP contribution in [0.5, 0.6) is 0 Å². The summed E-state index contributed by atoms with van der Waals surface area (Å²) in [6.07, 6.45) is 1.42. The first-order valence-corrected chi connectivity index (χ1v) is 6.48. The lowest BCUT2D eigenvalue weighted by atomic mass is 10.1. The van der Waals surface area contributed by atoms with Crippen molar-refractivity contribution in [2.75, 3.05) is 13.2 Å². The lowest BCUT2D eigenvalue weighted by Gasteiger charge is -2.33. The van der Waals surface area contributed by atoms with Crippen molar-refractivity contribution in [3.8, 4) is 0 Å². The van der Waals surface area contributed by atoms with Gasteiger partial charge < -0.3 is 4.74 Å². The highest BCUT2D eigenvalue weighted by Gasteiger charge is 2.30. The Bertz CT molecular complexity index is 281. The van der Waals surface area contributed by atoms with Crippen LogP contribution in [0.4, 0.5) is 4.79 Å². The lowest BCUT2D eigenvalue weighted by molar-refractivity contribution is 0.0943. The fourth-order valence-electron chi connectivity index (χ4n) is 1.50. The number of amides is 1. The number of aliphatic imine (C=N–C) groups is 1. The van der Waals surface area contributed by atoms with Crippen LogP contribution in [0, 0.1) is 0 Å². The second-order valence-corrected chi connectivity index (χ2v) is 4.85. The zero-order chi connectivity index (χ0) is 11.3. The van der Waals surface area contributed by atoms with Gasteiger partial charge in [0.15, 0.2) is 0 Å². The molecule has 84 valence electrons. The van der Waals surface area contributed by atoms with Gasteiger partial charge in [-0.2, -0.15) is 0 Å². The number of likely N-dealkylation sites (tertiary alicyclic amines) is 1. The second-order valence-electron chi connectivity index (χ2n) is 3.23. The van der Waals surface area contributed by atoms with E-state index in [0.717, 1.165) is 12.8 Å². The molecular weight excluding hydrogens is 327 g/mol. The molecule has 0 spiro atoms. The van der Waals surface area contributed by atoms with Crippen LogP contribution in [-0.2, 0) is 4.74 Å². The molecule has 4 nitrogen and oxygen atoms in total. The number of isothiocyanates is 1. The number of ether oxygens (including phenoxy) is 1. The predicted octanol–water partition coefficient (Wildman–Crippen LogP) is 2.47. The Kier molecular flexibility index (Phi) is 5.49. The van der Waals surface area contributed by atoms with Crippen LogP contribution in [0.3, 0.4) is 0 Å². The Morgan fingerprint density at radius 3 is 3.07 bits per heavy atom. The highest BCUT2D eigenvalue weighted by Crippen LogP contribution is 2.24. The quantitative estimate of drug-likeness (QED) is 0.255. The summed E-state index contributed by atoms with van der Waals surface area (Å²) in [5, 5.41) is 2.40. The number of hydrogen-bond acceptors (Lipinski definition) is 4. The average molecular weight is 340 g/mol. The number of nitrogens with zero attached hydrogens (tertiary/aromatic N) is 2. The third-order valence-electron chi connectivity index (χ3n) is 2.25. The summed E-state index contributed by atoms with van der Waals surface area (Å²) in [5.74, 6) is 0. The second kappa shape index (κ2) is 6.40. The molecule has 15 heavy (non-hydrogen) atoms. The summed E-state index contributed by atoms with van der Waals surface area (Å²) in [6, 6.07) is 0.204. The van der Waals surface area contributed by atoms with Gasteiger partial charge in [-0.3, -0.25) is 4.90 Å². The summed E-state index contributed by atoms with van der Waals surface area (Å²) in [5.41, 5.74) is 0. The van der Waals surface area contributed by atoms with Gasteiger partial charge in [0.2, 0.25) is 0 Å². The number of rotatable bonds is 2. The molecule has 0 radical (unpaired) electrons. The fourth-order valence-corrected chi connectivity index (χ4v) is 2.74. The summed E-state index contributed by atoms with van der Waals surface area (Å²) >= 11 is 6.80. The number of thiocarbonyl (C=S) groups is 1. The zero-order valence-corrected chi connectivity index (χ0v) is 11.5. The standard InChI is InChI=1S/C9H13IN2O2S/c1-2-14-9(13)12-4-3-7(11-6-15)5-8(12)10/h7-8H,2-5H2,1H3. The van der Waals surface area contributed by atoms with Crippen LogP contribution in [0.25, 0.3) is 0 Å². The van der Waals surface area contributed by atoms with Crippen molar-refractivity contribution in [1.29, 1.82) is 0 Å². The van der Waals surface area contributed by atoms with Crippen LogP contribution in [0.1, 0.15) is 19.8 Å². The maximum Gasteiger partial charge on any atom is 0.410 e. The van der Waals surface area contributed by atoms with E-state index in [2.05, 4.69) is 45.0 Å². The average Bonchev–Trinajstić information content (AvgIpc) is 2.18. The molecule has 1 aliphatic rings. The largest absolute Gasteiger partial charge is 0.450 e. The molecule has 0 aromatic heterocycles. The van der Waals surface area contributed by atoms with Gasteiger partial charge in [0, 0.05) is 13.0 Å². The van der Waals surface area contributed by atoms with Crippen molar-refractivity contribution in [1.82, 2.24) is 4.90 Å². The third-order valence-corrected chi connectivity index (χ3v) is 3.53. The Morgan fingerprint density at radius 1 is 1.80 bits per heavy atom. The van der Waals surface area contributed by atoms with Crippen molar-refractivity contribution >= 4 is 46.1 Å². The Morgan fingerprint density at radius 2 is 2.53 bits per heavy atom. The topological polar surface area (TPSA) is 41.9 Å². The molecule has 0 saturated carbocycles. The zero-order valence-electron chi connectivity index (χ0n) is 8.48. The molecule has 1 aliphatic heterocycles. The van der Waals surface area contributed by atoms with Crippen molar-refractivity contribution < 1.29 is 9.53 Å². The molecule has 1 amide bonds. The van der Waals surface area contributed by atoms with E-state index >= 15 is 0 Å². The van der Waals surface area contributed by atoms with Gasteiger partial charge in [-0.25, -0.2) is 9.79 Å². The summed E-state index contributed by atoms with van der Waals surface area (Å²) in [4.78, 5) is 17.3. The van der Waals surface area contributed by atoms with E-state index in [1.54, 1.807) is 4.90 Å². The molecule has 6 heteroatoms. The maximum atomic E-state index is 11.5. The number of carbonyl (C=O) groups excluding carboxylic acids is 1. The number of hydrogen-bond donors (Lipinski definition) is 0. The summed E-state index contributed by atoms with van der Waals surface area (Å²) in [7, 11) is 0. The van der Waals surface area contributed by atoms with Gasteiger partial charge in [0.25, 0.3) is 0 Å². The van der Waals surface area contributed by atoms with Gasteiger partial charge in [-0.05, 0) is 25.6 Å². The molecule has 0 N–H and O–H groups in total. The lowest BCUT2D eigenvalue weighted by Crippen LogP contribution is -2.44. The molecule has 1 heterocycles. The molecule has 0 bridgehead atoms. The van der Waals surface area contributed by atoms with Crippen molar-refractivity contribution in [3.63, 3.8) is 0 Å². The molecule has 1 fully saturated rings. The van der Waals surface area contributed by atoms with Crippen molar-refractivity contribution in [3.05, 3.63) is 0 Å². The molecule has 1 saturated heterocycles. The fraction of sp³-hybridized carbons (Fsp3) is 0.778. The highest BCUT2D eigenvalue weighted by atomic mass is 127. The first-order valence-electron chi connectivity index (χ1n) is 4.83. The van der Waals surface area contributed by atoms with Crippen LogP contribution >= 0.6 is 34.8 Å². The van der Waals surface area contributed by atoms with Crippen LogP contribution in [0.15, 0.2) is 4.99 Å². The van der Waals surface area contributed by atoms with Crippen LogP contribution in [0.2, 0.25) is 0 Å². The highest BCUT2D eigenvalue weighted by molar-refractivity contribution is 14.1. The third kappa shape index (κ3) is 3.70. The first-order chi connectivity index (χ1) is 7.19. The number of alkyl halides is 1. The molecule has 0 aromatic rings. The summed E-state index contributed by atoms with van der Waals surface area (Å²) in [6.45, 7) is 2.90. The van der Waals surface area contributed by atoms with Crippen molar-refractivity contribution in [2.24, 2.45) is 4.99 Å². The van der Waals surface area contributed by atoms with Gasteiger partial charge in [-0.1, -0.05) is 22.6 Å². The molecule has 1 rings (SSSR count). The van der Waals surface area contributed by atoms with Gasteiger partial charge in [-0.15, -0.1) is 0 Å². The predicted molar refractivity (Wildman–Crippen MR) is 69.6 cm³/mol. The molecule has 2 atom stereocenters. The smallest absolute Gasteiger partial charge is 0.410 e. The number of piperidine rings is 1. The SMILES string of the molecule is CCOC(=O)N1CCC(N=C=S)CC1I. The van der Waals surface area contributed by atoms with Crippen LogP contribution < -0.4 is 0 Å². The first kappa shape index (κ1) is 12.9. The van der Waals surface area contributed by atoms with E-state index in [1.807, 2.05) is 6.92 Å².